The first-order valence-corrected chi connectivity index (χ1v) is 9.76. The van der Waals surface area contributed by atoms with Crippen molar-refractivity contribution in [1.29, 1.82) is 0 Å². The van der Waals surface area contributed by atoms with Crippen molar-refractivity contribution in [3.63, 3.8) is 0 Å². The zero-order valence-corrected chi connectivity index (χ0v) is 16.3. The van der Waals surface area contributed by atoms with Crippen LogP contribution in [0.25, 0.3) is 0 Å². The van der Waals surface area contributed by atoms with Gasteiger partial charge in [-0.3, -0.25) is 4.90 Å². The lowest BCUT2D eigenvalue weighted by Gasteiger charge is -2.27. The highest BCUT2D eigenvalue weighted by Gasteiger charge is 2.09. The summed E-state index contributed by atoms with van der Waals surface area (Å²) in [5, 5.41) is 8.01. The van der Waals surface area contributed by atoms with E-state index in [0.717, 1.165) is 62.7 Å². The third-order valence-corrected chi connectivity index (χ3v) is 5.22. The Balaban J connectivity index is 1.48. The lowest BCUT2D eigenvalue weighted by molar-refractivity contribution is 0.240. The van der Waals surface area contributed by atoms with Gasteiger partial charge < -0.3 is 15.4 Å². The Kier molecular flexibility index (Phi) is 7.59. The molecule has 2 N–H and O–H groups in total. The first kappa shape index (κ1) is 19.5. The molecule has 1 heterocycles. The third kappa shape index (κ3) is 5.86. The largest absolute Gasteiger partial charge is 0.489 e. The summed E-state index contributed by atoms with van der Waals surface area (Å²) in [6.07, 6.45) is 0. The van der Waals surface area contributed by atoms with Crippen LogP contribution in [0.5, 0.6) is 5.75 Å². The number of piperazine rings is 1. The molecule has 2 aromatic rings. The lowest BCUT2D eigenvalue weighted by atomic mass is 10.2. The summed E-state index contributed by atoms with van der Waals surface area (Å²) >= 11 is 12.0. The second-order valence-corrected chi connectivity index (χ2v) is 7.23. The van der Waals surface area contributed by atoms with E-state index in [2.05, 4.69) is 21.6 Å². The van der Waals surface area contributed by atoms with Gasteiger partial charge in [-0.2, -0.15) is 0 Å². The van der Waals surface area contributed by atoms with Gasteiger partial charge in [-0.25, -0.2) is 0 Å². The van der Waals surface area contributed by atoms with Crippen molar-refractivity contribution in [2.75, 3.05) is 39.3 Å². The molecule has 1 aliphatic rings. The van der Waals surface area contributed by atoms with E-state index in [-0.39, 0.29) is 0 Å². The number of ether oxygens (including phenoxy) is 1. The molecule has 140 valence electrons. The first-order chi connectivity index (χ1) is 12.7. The summed E-state index contributed by atoms with van der Waals surface area (Å²) in [6, 6.07) is 13.7. The second-order valence-electron chi connectivity index (χ2n) is 6.41. The molecule has 0 atom stereocenters. The zero-order valence-electron chi connectivity index (χ0n) is 14.8. The van der Waals surface area contributed by atoms with Gasteiger partial charge in [0.05, 0.1) is 10.0 Å². The molecular weight excluding hydrogens is 369 g/mol. The van der Waals surface area contributed by atoms with E-state index in [0.29, 0.717) is 16.7 Å². The number of rotatable bonds is 8. The van der Waals surface area contributed by atoms with Crippen LogP contribution in [-0.4, -0.2) is 44.2 Å². The molecule has 1 fully saturated rings. The van der Waals surface area contributed by atoms with Crippen LogP contribution in [0.4, 0.5) is 0 Å². The number of halogens is 2. The maximum atomic E-state index is 6.07. The predicted molar refractivity (Wildman–Crippen MR) is 108 cm³/mol. The van der Waals surface area contributed by atoms with Crippen molar-refractivity contribution in [3.05, 3.63) is 63.6 Å². The summed E-state index contributed by atoms with van der Waals surface area (Å²) < 4.78 is 6.00. The Hall–Kier alpha value is -1.30. The Morgan fingerprint density at radius 2 is 1.85 bits per heavy atom. The van der Waals surface area contributed by atoms with Crippen LogP contribution >= 0.6 is 23.2 Å². The highest BCUT2D eigenvalue weighted by molar-refractivity contribution is 6.42. The minimum Gasteiger partial charge on any atom is -0.489 e. The highest BCUT2D eigenvalue weighted by Crippen LogP contribution is 2.24. The summed E-state index contributed by atoms with van der Waals surface area (Å²) in [5.74, 6) is 0.897. The molecule has 26 heavy (non-hydrogen) atoms. The Bertz CT molecular complexity index is 705. The second kappa shape index (κ2) is 10.1. The van der Waals surface area contributed by atoms with Crippen LogP contribution in [0.3, 0.4) is 0 Å². The first-order valence-electron chi connectivity index (χ1n) is 9.01. The number of nitrogens with one attached hydrogen (secondary N) is 2. The Morgan fingerprint density at radius 1 is 1.04 bits per heavy atom. The van der Waals surface area contributed by atoms with Crippen molar-refractivity contribution in [2.24, 2.45) is 0 Å². The van der Waals surface area contributed by atoms with Gasteiger partial charge in [0.1, 0.15) is 12.4 Å². The van der Waals surface area contributed by atoms with Crippen LogP contribution in [0, 0.1) is 0 Å². The number of hydrogen-bond donors (Lipinski definition) is 2. The smallest absolute Gasteiger partial charge is 0.124 e. The number of para-hydroxylation sites is 1. The molecular formula is C20H25Cl2N3O. The van der Waals surface area contributed by atoms with Gasteiger partial charge in [0.15, 0.2) is 0 Å². The molecule has 0 unspecified atom stereocenters. The van der Waals surface area contributed by atoms with Gasteiger partial charge in [-0.1, -0.05) is 47.5 Å². The van der Waals surface area contributed by atoms with E-state index in [4.69, 9.17) is 27.9 Å². The van der Waals surface area contributed by atoms with Gasteiger partial charge in [-0.05, 0) is 23.8 Å². The van der Waals surface area contributed by atoms with Gasteiger partial charge in [-0.15, -0.1) is 0 Å². The quantitative estimate of drug-likeness (QED) is 0.672. The van der Waals surface area contributed by atoms with E-state index < -0.39 is 0 Å². The molecule has 0 aromatic heterocycles. The molecule has 4 nitrogen and oxygen atoms in total. The van der Waals surface area contributed by atoms with Crippen molar-refractivity contribution >= 4 is 23.2 Å². The predicted octanol–water partition coefficient (Wildman–Crippen LogP) is 3.57. The Labute approximate surface area is 165 Å². The minimum absolute atomic E-state index is 0.467. The van der Waals surface area contributed by atoms with E-state index >= 15 is 0 Å². The van der Waals surface area contributed by atoms with Gasteiger partial charge in [0.2, 0.25) is 0 Å². The topological polar surface area (TPSA) is 36.5 Å². The van der Waals surface area contributed by atoms with Gasteiger partial charge in [0.25, 0.3) is 0 Å². The maximum absolute atomic E-state index is 6.07. The van der Waals surface area contributed by atoms with Crippen LogP contribution in [0.15, 0.2) is 42.5 Å². The average Bonchev–Trinajstić information content (AvgIpc) is 2.68. The van der Waals surface area contributed by atoms with E-state index in [1.165, 1.54) is 0 Å². The van der Waals surface area contributed by atoms with Crippen LogP contribution in [0.1, 0.15) is 11.1 Å². The fourth-order valence-electron chi connectivity index (χ4n) is 2.98. The molecule has 0 aliphatic carbocycles. The molecule has 1 aliphatic heterocycles. The molecule has 0 bridgehead atoms. The zero-order chi connectivity index (χ0) is 18.2. The Morgan fingerprint density at radius 3 is 2.65 bits per heavy atom. The van der Waals surface area contributed by atoms with Crippen LogP contribution in [-0.2, 0) is 13.2 Å². The summed E-state index contributed by atoms with van der Waals surface area (Å²) in [6.45, 7) is 7.75. The molecule has 0 spiro atoms. The SMILES string of the molecule is Clc1ccc(COc2ccccc2CNCCN2CCNCC2)cc1Cl. The van der Waals surface area contributed by atoms with Crippen molar-refractivity contribution < 1.29 is 4.74 Å². The normalized spacial score (nSPS) is 15.2. The standard InChI is InChI=1S/C20H25Cl2N3O/c21-18-6-5-16(13-19(18)22)15-26-20-4-2-1-3-17(20)14-24-9-12-25-10-7-23-8-11-25/h1-6,13,23-24H,7-12,14-15H2. The minimum atomic E-state index is 0.467. The van der Waals surface area contributed by atoms with E-state index in [1.54, 1.807) is 6.07 Å². The van der Waals surface area contributed by atoms with E-state index in [1.807, 2.05) is 30.3 Å². The lowest BCUT2D eigenvalue weighted by Crippen LogP contribution is -2.45. The number of benzene rings is 2. The summed E-state index contributed by atoms with van der Waals surface area (Å²) in [4.78, 5) is 2.48. The fourth-order valence-corrected chi connectivity index (χ4v) is 3.30. The van der Waals surface area contributed by atoms with Crippen molar-refractivity contribution in [1.82, 2.24) is 15.5 Å². The van der Waals surface area contributed by atoms with Crippen LogP contribution in [0.2, 0.25) is 10.0 Å². The molecule has 1 saturated heterocycles. The maximum Gasteiger partial charge on any atom is 0.124 e. The molecule has 0 amide bonds. The highest BCUT2D eigenvalue weighted by atomic mass is 35.5. The molecule has 2 aromatic carbocycles. The van der Waals surface area contributed by atoms with Crippen LogP contribution < -0.4 is 15.4 Å². The van der Waals surface area contributed by atoms with Crippen molar-refractivity contribution in [3.8, 4) is 5.75 Å². The third-order valence-electron chi connectivity index (χ3n) is 4.48. The van der Waals surface area contributed by atoms with Crippen molar-refractivity contribution in [2.45, 2.75) is 13.2 Å². The van der Waals surface area contributed by atoms with Gasteiger partial charge in [0, 0.05) is 51.4 Å². The van der Waals surface area contributed by atoms with E-state index in [9.17, 15) is 0 Å². The number of nitrogens with zero attached hydrogens (tertiary/aromatic N) is 1. The summed E-state index contributed by atoms with van der Waals surface area (Å²) in [7, 11) is 0. The molecule has 3 rings (SSSR count). The fraction of sp³-hybridized carbons (Fsp3) is 0.400. The molecule has 0 radical (unpaired) electrons. The van der Waals surface area contributed by atoms with Gasteiger partial charge >= 0.3 is 0 Å². The molecule has 0 saturated carbocycles. The monoisotopic (exact) mass is 393 g/mol. The average molecular weight is 394 g/mol. The number of hydrogen-bond acceptors (Lipinski definition) is 4. The summed E-state index contributed by atoms with van der Waals surface area (Å²) in [5.41, 5.74) is 2.16. The molecule has 6 heteroatoms.